The molecule has 6 heteroatoms. The first-order valence-corrected chi connectivity index (χ1v) is 7.32. The topological polar surface area (TPSA) is 96.2 Å². The van der Waals surface area contributed by atoms with Crippen LogP contribution in [0.1, 0.15) is 31.7 Å². The summed E-state index contributed by atoms with van der Waals surface area (Å²) in [6.45, 7) is 1.82. The summed E-state index contributed by atoms with van der Waals surface area (Å²) in [5.41, 5.74) is 9.09. The summed E-state index contributed by atoms with van der Waals surface area (Å²) in [6, 6.07) is 3.67. The van der Waals surface area contributed by atoms with Crippen LogP contribution in [0.5, 0.6) is 0 Å². The minimum absolute atomic E-state index is 0.0112. The van der Waals surface area contributed by atoms with Gasteiger partial charge in [0.1, 0.15) is 6.04 Å². The van der Waals surface area contributed by atoms with Crippen LogP contribution in [-0.4, -0.2) is 23.9 Å². The maximum absolute atomic E-state index is 12.0. The summed E-state index contributed by atoms with van der Waals surface area (Å²) in [5, 5.41) is 8.93. The molecule has 1 saturated carbocycles. The fourth-order valence-electron chi connectivity index (χ4n) is 2.42. The Labute approximate surface area is 123 Å². The van der Waals surface area contributed by atoms with E-state index in [1.54, 1.807) is 6.07 Å². The molecule has 1 heterocycles. The molecule has 2 aliphatic rings. The Kier molecular flexibility index (Phi) is 3.45. The number of nitrogens with one attached hydrogen (secondary N) is 3. The van der Waals surface area contributed by atoms with E-state index in [4.69, 9.17) is 5.73 Å². The van der Waals surface area contributed by atoms with Crippen molar-refractivity contribution in [3.8, 4) is 0 Å². The Morgan fingerprint density at radius 2 is 2.14 bits per heavy atom. The van der Waals surface area contributed by atoms with E-state index in [-0.39, 0.29) is 17.9 Å². The van der Waals surface area contributed by atoms with Gasteiger partial charge in [0.05, 0.1) is 11.4 Å². The zero-order valence-corrected chi connectivity index (χ0v) is 12.0. The van der Waals surface area contributed by atoms with Gasteiger partial charge in [-0.3, -0.25) is 9.59 Å². The molecule has 1 aliphatic carbocycles. The third-order valence-corrected chi connectivity index (χ3v) is 3.86. The molecule has 0 saturated heterocycles. The van der Waals surface area contributed by atoms with Gasteiger partial charge < -0.3 is 21.7 Å². The van der Waals surface area contributed by atoms with Crippen LogP contribution in [-0.2, 0) is 16.0 Å². The van der Waals surface area contributed by atoms with Gasteiger partial charge >= 0.3 is 0 Å². The minimum Gasteiger partial charge on any atom is -0.397 e. The van der Waals surface area contributed by atoms with Crippen molar-refractivity contribution in [2.24, 2.45) is 0 Å². The number of carbonyl (C=O) groups excluding carboxylic acids is 2. The molecule has 1 fully saturated rings. The maximum Gasteiger partial charge on any atom is 0.242 e. The van der Waals surface area contributed by atoms with E-state index in [1.165, 1.54) is 0 Å². The Morgan fingerprint density at radius 3 is 2.86 bits per heavy atom. The standard InChI is InChI=1S/C15H20N4O2/c1-8(15(21)18-10-3-4-10)17-13-6-9-2-5-14(20)19-12(9)7-11(13)16/h6-8,10,17H,2-5,16H2,1H3,(H,18,21)(H,19,20). The van der Waals surface area contributed by atoms with E-state index < -0.39 is 0 Å². The van der Waals surface area contributed by atoms with Crippen molar-refractivity contribution < 1.29 is 9.59 Å². The van der Waals surface area contributed by atoms with Crippen molar-refractivity contribution in [2.75, 3.05) is 16.4 Å². The van der Waals surface area contributed by atoms with Crippen LogP contribution in [0.15, 0.2) is 12.1 Å². The van der Waals surface area contributed by atoms with Gasteiger partial charge in [-0.25, -0.2) is 0 Å². The number of hydrogen-bond acceptors (Lipinski definition) is 4. The van der Waals surface area contributed by atoms with E-state index in [2.05, 4.69) is 16.0 Å². The Balaban J connectivity index is 1.72. The minimum atomic E-state index is -0.343. The van der Waals surface area contributed by atoms with Crippen molar-refractivity contribution in [3.63, 3.8) is 0 Å². The predicted octanol–water partition coefficient (Wildman–Crippen LogP) is 1.23. The second kappa shape index (κ2) is 5.27. The maximum atomic E-state index is 12.0. The molecule has 1 aromatic carbocycles. The average Bonchev–Trinajstić information content (AvgIpc) is 3.23. The van der Waals surface area contributed by atoms with Crippen LogP contribution in [0.2, 0.25) is 0 Å². The van der Waals surface area contributed by atoms with Crippen LogP contribution in [0.25, 0.3) is 0 Å². The molecule has 1 aliphatic heterocycles. The van der Waals surface area contributed by atoms with Gasteiger partial charge in [0, 0.05) is 18.2 Å². The highest BCUT2D eigenvalue weighted by atomic mass is 16.2. The Bertz CT molecular complexity index is 596. The normalized spacial score (nSPS) is 18.4. The summed E-state index contributed by atoms with van der Waals surface area (Å²) in [5.74, 6) is 0.00251. The monoisotopic (exact) mass is 288 g/mol. The SMILES string of the molecule is CC(Nc1cc2c(cc1N)NC(=O)CC2)C(=O)NC1CC1. The lowest BCUT2D eigenvalue weighted by Gasteiger charge is -2.21. The molecule has 21 heavy (non-hydrogen) atoms. The summed E-state index contributed by atoms with van der Waals surface area (Å²) in [4.78, 5) is 23.3. The molecule has 0 spiro atoms. The van der Waals surface area contributed by atoms with Crippen LogP contribution >= 0.6 is 0 Å². The van der Waals surface area contributed by atoms with E-state index in [1.807, 2.05) is 13.0 Å². The highest BCUT2D eigenvalue weighted by Gasteiger charge is 2.26. The number of amides is 2. The molecule has 0 radical (unpaired) electrons. The zero-order valence-electron chi connectivity index (χ0n) is 12.0. The van der Waals surface area contributed by atoms with Gasteiger partial charge in [-0.2, -0.15) is 0 Å². The lowest BCUT2D eigenvalue weighted by molar-refractivity contribution is -0.121. The summed E-state index contributed by atoms with van der Waals surface area (Å²) < 4.78 is 0. The molecule has 6 nitrogen and oxygen atoms in total. The molecular weight excluding hydrogens is 268 g/mol. The fraction of sp³-hybridized carbons (Fsp3) is 0.467. The lowest BCUT2D eigenvalue weighted by atomic mass is 10.0. The zero-order chi connectivity index (χ0) is 15.0. The predicted molar refractivity (Wildman–Crippen MR) is 82.1 cm³/mol. The molecule has 1 atom stereocenters. The lowest BCUT2D eigenvalue weighted by Crippen LogP contribution is -2.38. The van der Waals surface area contributed by atoms with Crippen molar-refractivity contribution in [1.82, 2.24) is 5.32 Å². The second-order valence-corrected chi connectivity index (χ2v) is 5.79. The number of anilines is 3. The number of nitrogens with two attached hydrogens (primary N) is 1. The van der Waals surface area contributed by atoms with Gasteiger partial charge in [-0.05, 0) is 43.9 Å². The van der Waals surface area contributed by atoms with Crippen LogP contribution in [0.4, 0.5) is 17.1 Å². The first kappa shape index (κ1) is 13.7. The van der Waals surface area contributed by atoms with Crippen molar-refractivity contribution >= 4 is 28.9 Å². The second-order valence-electron chi connectivity index (χ2n) is 5.79. The van der Waals surface area contributed by atoms with Crippen molar-refractivity contribution in [3.05, 3.63) is 17.7 Å². The first-order valence-electron chi connectivity index (χ1n) is 7.32. The molecule has 1 unspecified atom stereocenters. The summed E-state index contributed by atoms with van der Waals surface area (Å²) in [7, 11) is 0. The summed E-state index contributed by atoms with van der Waals surface area (Å²) >= 11 is 0. The highest BCUT2D eigenvalue weighted by Crippen LogP contribution is 2.31. The Hall–Kier alpha value is -2.24. The van der Waals surface area contributed by atoms with Crippen LogP contribution < -0.4 is 21.7 Å². The van der Waals surface area contributed by atoms with Crippen LogP contribution in [0.3, 0.4) is 0 Å². The number of aryl methyl sites for hydroxylation is 1. The number of carbonyl (C=O) groups is 2. The van der Waals surface area contributed by atoms with Crippen molar-refractivity contribution in [1.29, 1.82) is 0 Å². The molecule has 5 N–H and O–H groups in total. The smallest absolute Gasteiger partial charge is 0.242 e. The fourth-order valence-corrected chi connectivity index (χ4v) is 2.42. The first-order chi connectivity index (χ1) is 10.0. The van der Waals surface area contributed by atoms with Gasteiger partial charge in [-0.15, -0.1) is 0 Å². The third kappa shape index (κ3) is 3.09. The molecule has 112 valence electrons. The Morgan fingerprint density at radius 1 is 1.38 bits per heavy atom. The molecule has 0 aromatic heterocycles. The average molecular weight is 288 g/mol. The molecular formula is C15H20N4O2. The van der Waals surface area contributed by atoms with Gasteiger partial charge in [0.25, 0.3) is 0 Å². The molecule has 1 aromatic rings. The van der Waals surface area contributed by atoms with E-state index in [9.17, 15) is 9.59 Å². The highest BCUT2D eigenvalue weighted by molar-refractivity contribution is 5.96. The number of fused-ring (bicyclic) bond motifs is 1. The number of hydrogen-bond donors (Lipinski definition) is 4. The quantitative estimate of drug-likeness (QED) is 0.627. The van der Waals surface area contributed by atoms with Crippen LogP contribution in [0, 0.1) is 0 Å². The molecule has 2 amide bonds. The molecule has 0 bridgehead atoms. The van der Waals surface area contributed by atoms with E-state index in [0.717, 1.165) is 29.8 Å². The van der Waals surface area contributed by atoms with Gasteiger partial charge in [-0.1, -0.05) is 0 Å². The molecule has 3 rings (SSSR count). The third-order valence-electron chi connectivity index (χ3n) is 3.86. The largest absolute Gasteiger partial charge is 0.397 e. The van der Waals surface area contributed by atoms with E-state index in [0.29, 0.717) is 24.6 Å². The summed E-state index contributed by atoms with van der Waals surface area (Å²) in [6.07, 6.45) is 3.31. The number of nitrogen functional groups attached to an aromatic ring is 1. The van der Waals surface area contributed by atoms with Crippen molar-refractivity contribution in [2.45, 2.75) is 44.7 Å². The number of rotatable bonds is 4. The van der Waals surface area contributed by atoms with Gasteiger partial charge in [0.15, 0.2) is 0 Å². The number of benzene rings is 1. The van der Waals surface area contributed by atoms with Gasteiger partial charge in [0.2, 0.25) is 11.8 Å². The van der Waals surface area contributed by atoms with E-state index >= 15 is 0 Å².